The Hall–Kier alpha value is -9.73. The number of carboxylic acid groups (broad SMARTS) is 1. The Morgan fingerprint density at radius 1 is 0.693 bits per heavy atom. The largest absolute Gasteiger partial charge is 0.508 e. The molecule has 0 radical (unpaired) electrons. The number of halogens is 2. The van der Waals surface area contributed by atoms with Gasteiger partial charge in [0.25, 0.3) is 0 Å². The molecule has 0 spiro atoms. The van der Waals surface area contributed by atoms with E-state index >= 15 is 14.4 Å². The number of aliphatic hydroxyl groups excluding tert-OH is 5. The van der Waals surface area contributed by atoms with Crippen LogP contribution >= 0.6 is 23.2 Å². The zero-order valence-corrected chi connectivity index (χ0v) is 64.7. The average molecular weight is 1630 g/mol. The number of aliphatic hydroxyl groups is 5. The fourth-order valence-electron chi connectivity index (χ4n) is 14.4. The number of ether oxygens (including phenoxy) is 6. The first-order chi connectivity index (χ1) is 54.1. The fourth-order valence-corrected chi connectivity index (χ4v) is 14.8. The van der Waals surface area contributed by atoms with Gasteiger partial charge in [-0.3, -0.25) is 38.4 Å². The number of primary amides is 1. The van der Waals surface area contributed by atoms with Crippen molar-refractivity contribution in [3.05, 3.63) is 117 Å². The number of unbranched alkanes of at least 4 members (excludes halogenated alkanes) is 5. The van der Waals surface area contributed by atoms with Crippen LogP contribution in [-0.4, -0.2) is 205 Å². The zero-order chi connectivity index (χ0) is 82.9. The van der Waals surface area contributed by atoms with Crippen molar-refractivity contribution in [1.29, 1.82) is 0 Å². The fraction of sp³-hybridized carbons (Fsp3) is 0.494. The maximum absolute atomic E-state index is 16.2. The van der Waals surface area contributed by atoms with Gasteiger partial charge < -0.3 is 134 Å². The van der Waals surface area contributed by atoms with Gasteiger partial charge in [0, 0.05) is 60.8 Å². The number of carbonyl (C=O) groups is 9. The molecule has 114 heavy (non-hydrogen) atoms. The van der Waals surface area contributed by atoms with Gasteiger partial charge in [-0.15, -0.1) is 0 Å². The summed E-state index contributed by atoms with van der Waals surface area (Å²) in [5.74, 6) is -16.0. The maximum Gasteiger partial charge on any atom is 0.330 e. The van der Waals surface area contributed by atoms with Crippen LogP contribution in [0.15, 0.2) is 78.9 Å². The molecule has 2 fully saturated rings. The molecule has 37 heteroatoms. The van der Waals surface area contributed by atoms with Gasteiger partial charge in [0.15, 0.2) is 29.9 Å². The summed E-state index contributed by atoms with van der Waals surface area (Å²) in [7, 11) is 1.48. The second-order valence-electron chi connectivity index (χ2n) is 29.5. The third kappa shape index (κ3) is 20.1. The van der Waals surface area contributed by atoms with Crippen molar-refractivity contribution in [2.45, 2.75) is 208 Å². The molecule has 35 nitrogen and oxygen atoms in total. The minimum Gasteiger partial charge on any atom is -0.508 e. The smallest absolute Gasteiger partial charge is 0.330 e. The number of carboxylic acids is 1. The molecule has 22 N–H and O–H groups in total. The van der Waals surface area contributed by atoms with Crippen molar-refractivity contribution in [1.82, 2.24) is 47.9 Å². The van der Waals surface area contributed by atoms with Crippen LogP contribution in [0, 0.1) is 5.92 Å². The van der Waals surface area contributed by atoms with Gasteiger partial charge in [-0.2, -0.15) is 0 Å². The molecule has 8 amide bonds. The third-order valence-electron chi connectivity index (χ3n) is 20.5. The number of rotatable bonds is 24. The van der Waals surface area contributed by atoms with Crippen LogP contribution in [0.25, 0.3) is 11.1 Å². The SMILES string of the molecule is CCCCCCCCC(=O)NCCN[C@@]1(C)C[C@H](O[C@H]2[C@H](Oc3c4cc5cc3Oc3ccc(cc3Cl)[C@@H](O)[C@@H](NC(=O)[C@@H](CC(C)C)NC)C(=O)N[C@@H](CC(N)=O)C(=O)N[C@H]5C(=O)N[C@H]3C(=O)N[C@H](C(=O)N[C@H](C(=O)O)c5cc(O)cc(O)c5-c5cc3ccc5O)[C@H](O)c3ccc(c(Cl)c3)O4)O[C@H](CN)[C@@H](O)[C@@H]2O)O[C@@H](C)[C@H]1O. The number of phenolic OH excluding ortho intramolecular Hbond substituents is 3. The normalized spacial score (nSPS) is 27.4. The highest BCUT2D eigenvalue weighted by Crippen LogP contribution is 2.50. The number of benzene rings is 5. The van der Waals surface area contributed by atoms with Gasteiger partial charge >= 0.3 is 5.97 Å². The van der Waals surface area contributed by atoms with Crippen molar-refractivity contribution >= 4 is 76.4 Å². The molecule has 11 bridgehead atoms. The lowest BCUT2D eigenvalue weighted by atomic mass is 9.85. The van der Waals surface area contributed by atoms with E-state index in [0.717, 1.165) is 98.8 Å². The first kappa shape index (κ1) is 86.7. The lowest BCUT2D eigenvalue weighted by Gasteiger charge is -2.48. The van der Waals surface area contributed by atoms with E-state index in [2.05, 4.69) is 54.8 Å². The zero-order valence-electron chi connectivity index (χ0n) is 63.1. The minimum atomic E-state index is -2.35. The van der Waals surface area contributed by atoms with Crippen LogP contribution in [0.2, 0.25) is 10.0 Å². The standard InChI is InChI=1S/C77H97Cl2N11O24/c1-7-8-9-10-11-12-13-54(95)83-20-21-84-77(5)31-55(109-34(4)68(77)100)113-67-65(99)64(98)52(32-80)112-76(67)114-66-50-26-38-27-51(66)111-49-19-16-37(25-43(49)79)63(97)61-74(106)88-59(75(107)108)41-28-39(91)29-47(93)56(41)40-23-35(14-17-46(40)92)57(71(103)90-61)87-72(104)58(38)86-70(102)45(30-53(81)94)85-73(105)60(89-69(101)44(82-6)22-33(2)3)62(96)36-15-18-48(110-50)42(78)24-36/h14-19,23-29,33-34,44-45,52,55,57-65,67-68,76,82,84,91-93,96-100H,7-13,20-22,30-32,80H2,1-6H3,(H2,81,94)(H,83,95)(H,85,105)(H,86,102)(H,87,104)(H,88,106)(H,89,101)(H,90,103)(H,107,108)/t34-,44+,45-,52+,55-,57+,58+,59-,60+,61-,62+,63+,64+,65-,67+,68+,76-,77-/m0/s1. The molecule has 5 aromatic carbocycles. The Balaban J connectivity index is 1.16. The number of carbonyl (C=O) groups excluding carboxylic acids is 8. The molecule has 7 aliphatic heterocycles. The molecule has 0 aliphatic carbocycles. The summed E-state index contributed by atoms with van der Waals surface area (Å²) >= 11 is 14.3. The van der Waals surface area contributed by atoms with Crippen molar-refractivity contribution in [2.24, 2.45) is 17.4 Å². The van der Waals surface area contributed by atoms with E-state index in [9.17, 15) is 74.7 Å². The molecule has 2 saturated heterocycles. The van der Waals surface area contributed by atoms with Crippen LogP contribution in [-0.2, 0) is 57.4 Å². The molecule has 5 aromatic rings. The van der Waals surface area contributed by atoms with Gasteiger partial charge in [-0.25, -0.2) is 4.79 Å². The summed E-state index contributed by atoms with van der Waals surface area (Å²) in [6, 6.07) is -0.483. The molecular weight excluding hydrogens is 1530 g/mol. The Morgan fingerprint density at radius 3 is 1.94 bits per heavy atom. The molecular formula is C77H97Cl2N11O24. The van der Waals surface area contributed by atoms with E-state index in [0.29, 0.717) is 12.8 Å². The highest BCUT2D eigenvalue weighted by Gasteiger charge is 2.52. The van der Waals surface area contributed by atoms with E-state index in [1.807, 2.05) is 13.8 Å². The summed E-state index contributed by atoms with van der Waals surface area (Å²) in [6.45, 7) is 8.86. The summed E-state index contributed by atoms with van der Waals surface area (Å²) < 4.78 is 39.5. The second kappa shape index (κ2) is 37.7. The van der Waals surface area contributed by atoms with Crippen molar-refractivity contribution < 1.29 is 118 Å². The molecule has 0 saturated carbocycles. The Morgan fingerprint density at radius 2 is 1.32 bits per heavy atom. The van der Waals surface area contributed by atoms with E-state index in [1.54, 1.807) is 13.8 Å². The predicted octanol–water partition coefficient (Wildman–Crippen LogP) is 2.57. The summed E-state index contributed by atoms with van der Waals surface area (Å²) in [5.41, 5.74) is 7.95. The number of nitrogens with one attached hydrogen (secondary N) is 9. The van der Waals surface area contributed by atoms with Crippen molar-refractivity contribution in [2.75, 3.05) is 26.7 Å². The number of amides is 8. The van der Waals surface area contributed by atoms with Gasteiger partial charge in [-0.1, -0.05) is 94.3 Å². The van der Waals surface area contributed by atoms with Crippen LogP contribution in [0.4, 0.5) is 0 Å². The van der Waals surface area contributed by atoms with Gasteiger partial charge in [0.05, 0.1) is 34.7 Å². The molecule has 0 aromatic heterocycles. The first-order valence-electron chi connectivity index (χ1n) is 37.4. The highest BCUT2D eigenvalue weighted by atomic mass is 35.5. The van der Waals surface area contributed by atoms with Gasteiger partial charge in [-0.05, 0) is 117 Å². The Labute approximate surface area is 664 Å². The first-order valence-corrected chi connectivity index (χ1v) is 38.2. The Kier molecular flexibility index (Phi) is 28.7. The van der Waals surface area contributed by atoms with Crippen LogP contribution in [0.3, 0.4) is 0 Å². The average Bonchev–Trinajstić information content (AvgIpc) is 0.766. The molecule has 7 aliphatic rings. The Bertz CT molecular complexity index is 4410. The number of nitrogens with two attached hydrogens (primary N) is 2. The van der Waals surface area contributed by atoms with Crippen LogP contribution < -0.4 is 73.5 Å². The highest BCUT2D eigenvalue weighted by molar-refractivity contribution is 6.32. The predicted molar refractivity (Wildman–Crippen MR) is 406 cm³/mol. The quantitative estimate of drug-likeness (QED) is 0.0395. The van der Waals surface area contributed by atoms with Crippen LogP contribution in [0.1, 0.15) is 157 Å². The second-order valence-corrected chi connectivity index (χ2v) is 30.3. The molecule has 618 valence electrons. The van der Waals surface area contributed by atoms with Gasteiger partial charge in [0.1, 0.15) is 89.5 Å². The van der Waals surface area contributed by atoms with E-state index < -0.39 is 231 Å². The van der Waals surface area contributed by atoms with Crippen molar-refractivity contribution in [3.8, 4) is 57.1 Å². The number of hydrogen-bond acceptors (Lipinski definition) is 26. The summed E-state index contributed by atoms with van der Waals surface area (Å²) in [6.07, 6.45) is -11.8. The summed E-state index contributed by atoms with van der Waals surface area (Å²) in [5, 5.41) is 128. The monoisotopic (exact) mass is 1630 g/mol. The number of likely N-dealkylation sites (N-methyl/N-ethyl adjacent to an activating group) is 1. The third-order valence-corrected chi connectivity index (χ3v) is 21.1. The van der Waals surface area contributed by atoms with E-state index in [-0.39, 0.29) is 71.0 Å². The minimum absolute atomic E-state index is 0.102. The number of hydrogen-bond donors (Lipinski definition) is 20. The molecule has 12 rings (SSSR count). The molecule has 7 heterocycles. The number of phenols is 3. The number of fused-ring (bicyclic) bond motifs is 15. The van der Waals surface area contributed by atoms with E-state index in [1.165, 1.54) is 19.2 Å². The lowest BCUT2D eigenvalue weighted by Crippen LogP contribution is -2.66. The molecule has 0 unspecified atom stereocenters. The maximum atomic E-state index is 16.2. The summed E-state index contributed by atoms with van der Waals surface area (Å²) in [4.78, 5) is 131. The number of aromatic hydroxyl groups is 3. The lowest BCUT2D eigenvalue weighted by molar-refractivity contribution is -0.331. The van der Waals surface area contributed by atoms with Crippen LogP contribution in [0.5, 0.6) is 46.0 Å². The number of aliphatic carboxylic acids is 1. The van der Waals surface area contributed by atoms with Gasteiger partial charge in [0.2, 0.25) is 59.3 Å². The van der Waals surface area contributed by atoms with Crippen molar-refractivity contribution in [3.63, 3.8) is 0 Å². The topological polar surface area (TPSA) is 551 Å². The molecule has 18 atom stereocenters. The van der Waals surface area contributed by atoms with E-state index in [4.69, 9.17) is 63.1 Å².